The minimum atomic E-state index is -1.03. The number of halogens is 1. The Hall–Kier alpha value is -4.27. The van der Waals surface area contributed by atoms with Gasteiger partial charge in [0.05, 0.1) is 21.8 Å². The largest absolute Gasteiger partial charge is 0.478 e. The van der Waals surface area contributed by atoms with Crippen LogP contribution in [0, 0.1) is 0 Å². The zero-order chi connectivity index (χ0) is 27.4. The molecule has 7 rings (SSSR count). The molecule has 1 unspecified atom stereocenters. The summed E-state index contributed by atoms with van der Waals surface area (Å²) in [6.45, 7) is 0. The van der Waals surface area contributed by atoms with Gasteiger partial charge in [0.25, 0.3) is 5.56 Å². The molecule has 0 radical (unpaired) electrons. The van der Waals surface area contributed by atoms with Crippen LogP contribution in [0.15, 0.2) is 109 Å². The lowest BCUT2D eigenvalue weighted by Gasteiger charge is -2.30. The Morgan fingerprint density at radius 2 is 1.73 bits per heavy atom. The van der Waals surface area contributed by atoms with Gasteiger partial charge < -0.3 is 9.52 Å². The Morgan fingerprint density at radius 1 is 0.975 bits per heavy atom. The predicted octanol–water partition coefficient (Wildman–Crippen LogP) is 6.04. The van der Waals surface area contributed by atoms with Crippen molar-refractivity contribution in [3.05, 3.63) is 143 Å². The summed E-state index contributed by atoms with van der Waals surface area (Å²) in [7, 11) is 0. The SMILES string of the molecule is O=C(O)c1ccccc1-c1ccc(/C=c2/sc3n(c2=O)C(c2ccc(Br)cc2)C2=C(N=3)c3ccccc3CC2)o1. The molecule has 8 heteroatoms. The van der Waals surface area contributed by atoms with E-state index in [0.717, 1.165) is 39.7 Å². The lowest BCUT2D eigenvalue weighted by atomic mass is 9.83. The zero-order valence-electron chi connectivity index (χ0n) is 21.0. The van der Waals surface area contributed by atoms with E-state index in [9.17, 15) is 14.7 Å². The molecule has 0 amide bonds. The molecule has 1 aliphatic heterocycles. The van der Waals surface area contributed by atoms with Gasteiger partial charge in [-0.3, -0.25) is 9.36 Å². The molecule has 1 aliphatic carbocycles. The molecule has 1 atom stereocenters. The first-order valence-corrected chi connectivity index (χ1v) is 14.4. The van der Waals surface area contributed by atoms with Gasteiger partial charge in [0.15, 0.2) is 4.80 Å². The van der Waals surface area contributed by atoms with Crippen LogP contribution in [0.2, 0.25) is 0 Å². The maximum atomic E-state index is 13.9. The summed E-state index contributed by atoms with van der Waals surface area (Å²) in [6, 6.07) is 26.4. The smallest absolute Gasteiger partial charge is 0.336 e. The third-order valence-electron chi connectivity index (χ3n) is 7.38. The van der Waals surface area contributed by atoms with Crippen molar-refractivity contribution >= 4 is 45.0 Å². The molecule has 5 aromatic rings. The van der Waals surface area contributed by atoms with Gasteiger partial charge in [-0.1, -0.05) is 81.9 Å². The van der Waals surface area contributed by atoms with Crippen LogP contribution < -0.4 is 14.9 Å². The van der Waals surface area contributed by atoms with Crippen molar-refractivity contribution in [2.45, 2.75) is 18.9 Å². The molecular formula is C32H21BrN2O4S. The zero-order valence-corrected chi connectivity index (χ0v) is 23.4. The highest BCUT2D eigenvalue weighted by molar-refractivity contribution is 9.10. The van der Waals surface area contributed by atoms with E-state index in [1.54, 1.807) is 47.0 Å². The van der Waals surface area contributed by atoms with Crippen LogP contribution in [0.1, 0.15) is 45.3 Å². The average molecular weight is 610 g/mol. The number of benzene rings is 3. The number of aromatic nitrogens is 1. The maximum absolute atomic E-state index is 13.9. The molecule has 0 saturated carbocycles. The Kier molecular flexibility index (Phi) is 6.02. The Balaban J connectivity index is 1.39. The number of thiazole rings is 1. The molecule has 6 nitrogen and oxygen atoms in total. The fourth-order valence-electron chi connectivity index (χ4n) is 5.56. The number of nitrogens with zero attached hydrogens (tertiary/aromatic N) is 2. The molecule has 0 saturated heterocycles. The first-order chi connectivity index (χ1) is 19.5. The minimum Gasteiger partial charge on any atom is -0.478 e. The number of aromatic carboxylic acids is 1. The standard InChI is InChI=1S/C32H21BrN2O4S/c33-20-12-9-19(10-13-20)29-25-15-11-18-5-1-2-6-22(18)28(25)34-32-35(29)30(36)27(40-32)17-21-14-16-26(39-21)23-7-3-4-8-24(23)31(37)38/h1-10,12-14,16-17,29H,11,15H2,(H,37,38)/b27-17+. The molecule has 0 spiro atoms. The number of rotatable bonds is 4. The van der Waals surface area contributed by atoms with Gasteiger partial charge in [0.1, 0.15) is 11.5 Å². The lowest BCUT2D eigenvalue weighted by molar-refractivity contribution is 0.0697. The van der Waals surface area contributed by atoms with Gasteiger partial charge in [0.2, 0.25) is 0 Å². The number of carboxylic acids is 1. The first-order valence-electron chi connectivity index (χ1n) is 12.8. The van der Waals surface area contributed by atoms with Gasteiger partial charge in [-0.05, 0) is 59.9 Å². The van der Waals surface area contributed by atoms with Crippen LogP contribution in [0.5, 0.6) is 0 Å². The molecule has 1 N–H and O–H groups in total. The summed E-state index contributed by atoms with van der Waals surface area (Å²) in [4.78, 5) is 31.3. The first kappa shape index (κ1) is 24.7. The second-order valence-electron chi connectivity index (χ2n) is 9.72. The summed E-state index contributed by atoms with van der Waals surface area (Å²) in [6.07, 6.45) is 3.44. The van der Waals surface area contributed by atoms with Crippen LogP contribution in [0.4, 0.5) is 0 Å². The van der Waals surface area contributed by atoms with Gasteiger partial charge >= 0.3 is 5.97 Å². The highest BCUT2D eigenvalue weighted by Crippen LogP contribution is 2.41. The predicted molar refractivity (Wildman–Crippen MR) is 158 cm³/mol. The van der Waals surface area contributed by atoms with E-state index < -0.39 is 5.97 Å². The van der Waals surface area contributed by atoms with Crippen LogP contribution >= 0.6 is 27.3 Å². The van der Waals surface area contributed by atoms with Crippen LogP contribution in [-0.2, 0) is 6.42 Å². The number of hydrogen-bond donors (Lipinski definition) is 1. The molecule has 0 bridgehead atoms. The molecule has 3 aromatic carbocycles. The Morgan fingerprint density at radius 3 is 2.52 bits per heavy atom. The normalized spacial score (nSPS) is 16.2. The third kappa shape index (κ3) is 4.11. The van der Waals surface area contributed by atoms with E-state index in [2.05, 4.69) is 46.3 Å². The van der Waals surface area contributed by atoms with Crippen molar-refractivity contribution in [1.82, 2.24) is 4.57 Å². The third-order valence-corrected chi connectivity index (χ3v) is 8.89. The summed E-state index contributed by atoms with van der Waals surface area (Å²) in [5.41, 5.74) is 6.02. The number of carboxylic acid groups (broad SMARTS) is 1. The summed E-state index contributed by atoms with van der Waals surface area (Å²) < 4.78 is 9.29. The van der Waals surface area contributed by atoms with Gasteiger partial charge in [-0.15, -0.1) is 0 Å². The van der Waals surface area contributed by atoms with Crippen molar-refractivity contribution in [3.8, 4) is 11.3 Å². The topological polar surface area (TPSA) is 84.8 Å². The number of allylic oxidation sites excluding steroid dienone is 1. The lowest BCUT2D eigenvalue weighted by Crippen LogP contribution is -2.38. The van der Waals surface area contributed by atoms with Crippen molar-refractivity contribution < 1.29 is 14.3 Å². The summed E-state index contributed by atoms with van der Waals surface area (Å²) in [5, 5.41) is 9.57. The fourth-order valence-corrected chi connectivity index (χ4v) is 6.80. The number of furan rings is 1. The second kappa shape index (κ2) is 9.73. The minimum absolute atomic E-state index is 0.133. The van der Waals surface area contributed by atoms with Crippen LogP contribution in [0.3, 0.4) is 0 Å². The van der Waals surface area contributed by atoms with E-state index >= 15 is 0 Å². The number of carbonyl (C=O) groups is 1. The monoisotopic (exact) mass is 608 g/mol. The van der Waals surface area contributed by atoms with Gasteiger partial charge in [0, 0.05) is 21.7 Å². The van der Waals surface area contributed by atoms with Gasteiger partial charge in [-0.25, -0.2) is 9.79 Å². The fraction of sp³-hybridized carbons (Fsp3) is 0.0938. The van der Waals surface area contributed by atoms with E-state index in [0.29, 0.717) is 26.4 Å². The van der Waals surface area contributed by atoms with Crippen LogP contribution in [0.25, 0.3) is 23.1 Å². The Bertz CT molecular complexity index is 2030. The molecule has 40 heavy (non-hydrogen) atoms. The highest BCUT2D eigenvalue weighted by atomic mass is 79.9. The molecule has 2 aliphatic rings. The van der Waals surface area contributed by atoms with Crippen LogP contribution in [-0.4, -0.2) is 15.6 Å². The van der Waals surface area contributed by atoms with Gasteiger partial charge in [-0.2, -0.15) is 0 Å². The molecular weight excluding hydrogens is 588 g/mol. The summed E-state index contributed by atoms with van der Waals surface area (Å²) in [5.74, 6) is -0.132. The Labute approximate surface area is 241 Å². The number of aryl methyl sites for hydroxylation is 1. The van der Waals surface area contributed by atoms with E-state index in [4.69, 9.17) is 9.41 Å². The molecule has 2 aromatic heterocycles. The van der Waals surface area contributed by atoms with Crippen molar-refractivity contribution in [2.75, 3.05) is 0 Å². The number of fused-ring (bicyclic) bond motifs is 3. The van der Waals surface area contributed by atoms with E-state index in [1.807, 2.05) is 18.2 Å². The van der Waals surface area contributed by atoms with E-state index in [1.165, 1.54) is 16.9 Å². The second-order valence-corrected chi connectivity index (χ2v) is 11.6. The van der Waals surface area contributed by atoms with Crippen molar-refractivity contribution in [1.29, 1.82) is 0 Å². The summed E-state index contributed by atoms with van der Waals surface area (Å²) >= 11 is 4.87. The highest BCUT2D eigenvalue weighted by Gasteiger charge is 2.32. The quantitative estimate of drug-likeness (QED) is 0.269. The molecule has 0 fully saturated rings. The van der Waals surface area contributed by atoms with E-state index in [-0.39, 0.29) is 17.2 Å². The maximum Gasteiger partial charge on any atom is 0.336 e. The van der Waals surface area contributed by atoms with Crippen molar-refractivity contribution in [2.24, 2.45) is 4.99 Å². The molecule has 3 heterocycles. The van der Waals surface area contributed by atoms with Crippen molar-refractivity contribution in [3.63, 3.8) is 0 Å². The average Bonchev–Trinajstić information content (AvgIpc) is 3.56. The number of hydrogen-bond acceptors (Lipinski definition) is 5. The molecule has 196 valence electrons.